The standard InChI is InChI=1S/C18H34N2S/c1-6-18(7-2,14-19-12-16(4)5)15-20(8-3)13-17-10-9-11-21-17/h9-11,16,19H,6-8,12-15H2,1-5H3. The van der Waals surface area contributed by atoms with E-state index in [1.54, 1.807) is 0 Å². The predicted molar refractivity (Wildman–Crippen MR) is 96.0 cm³/mol. The van der Waals surface area contributed by atoms with E-state index >= 15 is 0 Å². The summed E-state index contributed by atoms with van der Waals surface area (Å²) >= 11 is 1.87. The molecule has 0 bridgehead atoms. The molecule has 0 aliphatic rings. The summed E-state index contributed by atoms with van der Waals surface area (Å²) in [5.74, 6) is 0.727. The van der Waals surface area contributed by atoms with Crippen LogP contribution in [0.5, 0.6) is 0 Å². The lowest BCUT2D eigenvalue weighted by molar-refractivity contribution is 0.133. The third kappa shape index (κ3) is 6.50. The van der Waals surface area contributed by atoms with Crippen LogP contribution in [0.15, 0.2) is 17.5 Å². The molecule has 21 heavy (non-hydrogen) atoms. The van der Waals surface area contributed by atoms with Gasteiger partial charge in [-0.05, 0) is 48.7 Å². The second kappa shape index (κ2) is 9.60. The van der Waals surface area contributed by atoms with Crippen LogP contribution < -0.4 is 5.32 Å². The molecular formula is C18H34N2S. The first kappa shape index (κ1) is 18.7. The Balaban J connectivity index is 2.60. The third-order valence-corrected chi connectivity index (χ3v) is 5.38. The summed E-state index contributed by atoms with van der Waals surface area (Å²) in [4.78, 5) is 4.09. The normalized spacial score (nSPS) is 12.5. The Labute approximate surface area is 135 Å². The zero-order chi connectivity index (χ0) is 15.7. The number of rotatable bonds is 11. The quantitative estimate of drug-likeness (QED) is 0.641. The van der Waals surface area contributed by atoms with Gasteiger partial charge in [0.2, 0.25) is 0 Å². The van der Waals surface area contributed by atoms with Crippen LogP contribution in [0.3, 0.4) is 0 Å². The van der Waals surface area contributed by atoms with Crippen LogP contribution in [0.25, 0.3) is 0 Å². The Kier molecular flexibility index (Phi) is 8.53. The SMILES string of the molecule is CCN(Cc1cccs1)CC(CC)(CC)CNCC(C)C. The van der Waals surface area contributed by atoms with Crippen molar-refractivity contribution in [3.63, 3.8) is 0 Å². The average molecular weight is 311 g/mol. The Morgan fingerprint density at radius 2 is 1.95 bits per heavy atom. The van der Waals surface area contributed by atoms with Gasteiger partial charge in [-0.2, -0.15) is 0 Å². The van der Waals surface area contributed by atoms with E-state index in [0.717, 1.165) is 32.1 Å². The second-order valence-corrected chi connectivity index (χ2v) is 7.65. The summed E-state index contributed by atoms with van der Waals surface area (Å²) < 4.78 is 0. The monoisotopic (exact) mass is 310 g/mol. The van der Waals surface area contributed by atoms with E-state index in [1.165, 1.54) is 24.3 Å². The molecule has 0 spiro atoms. The lowest BCUT2D eigenvalue weighted by Gasteiger charge is -2.37. The average Bonchev–Trinajstić information content (AvgIpc) is 2.97. The Morgan fingerprint density at radius 3 is 2.43 bits per heavy atom. The van der Waals surface area contributed by atoms with Gasteiger partial charge in [0.15, 0.2) is 0 Å². The summed E-state index contributed by atoms with van der Waals surface area (Å²) in [6.45, 7) is 17.2. The highest BCUT2D eigenvalue weighted by atomic mass is 32.1. The van der Waals surface area contributed by atoms with Crippen LogP contribution in [0.4, 0.5) is 0 Å². The van der Waals surface area contributed by atoms with Crippen molar-refractivity contribution in [3.8, 4) is 0 Å². The molecule has 0 unspecified atom stereocenters. The van der Waals surface area contributed by atoms with Crippen molar-refractivity contribution >= 4 is 11.3 Å². The third-order valence-electron chi connectivity index (χ3n) is 4.52. The molecule has 2 nitrogen and oxygen atoms in total. The zero-order valence-corrected chi connectivity index (χ0v) is 15.4. The smallest absolute Gasteiger partial charge is 0.0328 e. The van der Waals surface area contributed by atoms with E-state index in [9.17, 15) is 0 Å². The number of thiophene rings is 1. The molecule has 1 aromatic heterocycles. The van der Waals surface area contributed by atoms with Crippen molar-refractivity contribution in [3.05, 3.63) is 22.4 Å². The van der Waals surface area contributed by atoms with Crippen LogP contribution in [0.1, 0.15) is 52.3 Å². The van der Waals surface area contributed by atoms with Gasteiger partial charge < -0.3 is 5.32 Å². The first-order chi connectivity index (χ1) is 10.0. The highest BCUT2D eigenvalue weighted by Gasteiger charge is 2.28. The fourth-order valence-electron chi connectivity index (χ4n) is 2.78. The van der Waals surface area contributed by atoms with Crippen LogP contribution in [-0.2, 0) is 6.54 Å². The van der Waals surface area contributed by atoms with Crippen molar-refractivity contribution in [1.82, 2.24) is 10.2 Å². The molecule has 3 heteroatoms. The molecule has 0 fully saturated rings. The summed E-state index contributed by atoms with van der Waals surface area (Å²) in [5.41, 5.74) is 0.405. The Morgan fingerprint density at radius 1 is 1.24 bits per heavy atom. The van der Waals surface area contributed by atoms with Crippen molar-refractivity contribution in [2.24, 2.45) is 11.3 Å². The molecule has 122 valence electrons. The molecular weight excluding hydrogens is 276 g/mol. The molecule has 0 atom stereocenters. The van der Waals surface area contributed by atoms with Crippen molar-refractivity contribution in [2.45, 2.75) is 54.0 Å². The molecule has 0 aliphatic heterocycles. The van der Waals surface area contributed by atoms with E-state index in [4.69, 9.17) is 0 Å². The van der Waals surface area contributed by atoms with E-state index in [2.05, 4.69) is 62.3 Å². The molecule has 1 heterocycles. The Hall–Kier alpha value is -0.380. The molecule has 0 amide bonds. The molecule has 1 aromatic rings. The van der Waals surface area contributed by atoms with Gasteiger partial charge in [-0.3, -0.25) is 4.90 Å². The minimum absolute atomic E-state index is 0.405. The lowest BCUT2D eigenvalue weighted by atomic mass is 9.81. The number of hydrogen-bond donors (Lipinski definition) is 1. The lowest BCUT2D eigenvalue weighted by Crippen LogP contribution is -2.44. The maximum atomic E-state index is 3.69. The highest BCUT2D eigenvalue weighted by Crippen LogP contribution is 2.28. The Bertz CT molecular complexity index is 355. The minimum Gasteiger partial charge on any atom is -0.316 e. The van der Waals surface area contributed by atoms with Gasteiger partial charge in [0.1, 0.15) is 0 Å². The van der Waals surface area contributed by atoms with Gasteiger partial charge in [0.25, 0.3) is 0 Å². The second-order valence-electron chi connectivity index (χ2n) is 6.61. The fraction of sp³-hybridized carbons (Fsp3) is 0.778. The van der Waals surface area contributed by atoms with Gasteiger partial charge in [0, 0.05) is 24.5 Å². The van der Waals surface area contributed by atoms with Gasteiger partial charge in [-0.1, -0.05) is 40.7 Å². The summed E-state index contributed by atoms with van der Waals surface area (Å²) in [5, 5.41) is 5.87. The zero-order valence-electron chi connectivity index (χ0n) is 14.6. The maximum absolute atomic E-state index is 3.69. The summed E-state index contributed by atoms with van der Waals surface area (Å²) in [6, 6.07) is 4.41. The summed E-state index contributed by atoms with van der Waals surface area (Å²) in [6.07, 6.45) is 2.49. The molecule has 0 saturated carbocycles. The van der Waals surface area contributed by atoms with Gasteiger partial charge in [-0.15, -0.1) is 11.3 Å². The van der Waals surface area contributed by atoms with Gasteiger partial charge >= 0.3 is 0 Å². The number of hydrogen-bond acceptors (Lipinski definition) is 3. The first-order valence-corrected chi connectivity index (χ1v) is 9.38. The highest BCUT2D eigenvalue weighted by molar-refractivity contribution is 7.09. The number of nitrogens with one attached hydrogen (secondary N) is 1. The van der Waals surface area contributed by atoms with Crippen molar-refractivity contribution in [1.29, 1.82) is 0 Å². The molecule has 0 radical (unpaired) electrons. The van der Waals surface area contributed by atoms with Crippen molar-refractivity contribution < 1.29 is 0 Å². The summed E-state index contributed by atoms with van der Waals surface area (Å²) in [7, 11) is 0. The van der Waals surface area contributed by atoms with E-state index in [-0.39, 0.29) is 0 Å². The first-order valence-electron chi connectivity index (χ1n) is 8.50. The molecule has 1 N–H and O–H groups in total. The molecule has 0 aromatic carbocycles. The minimum atomic E-state index is 0.405. The predicted octanol–water partition coefficient (Wildman–Crippen LogP) is 4.62. The molecule has 1 rings (SSSR count). The number of nitrogens with zero attached hydrogens (tertiary/aromatic N) is 1. The van der Waals surface area contributed by atoms with Crippen LogP contribution in [0.2, 0.25) is 0 Å². The molecule has 0 aliphatic carbocycles. The van der Waals surface area contributed by atoms with E-state index in [0.29, 0.717) is 5.41 Å². The van der Waals surface area contributed by atoms with Gasteiger partial charge in [-0.25, -0.2) is 0 Å². The van der Waals surface area contributed by atoms with Crippen molar-refractivity contribution in [2.75, 3.05) is 26.2 Å². The van der Waals surface area contributed by atoms with Crippen LogP contribution in [0, 0.1) is 11.3 Å². The maximum Gasteiger partial charge on any atom is 0.0328 e. The van der Waals surface area contributed by atoms with E-state index < -0.39 is 0 Å². The molecule has 0 saturated heterocycles. The van der Waals surface area contributed by atoms with Crippen LogP contribution >= 0.6 is 11.3 Å². The fourth-order valence-corrected chi connectivity index (χ4v) is 3.53. The van der Waals surface area contributed by atoms with E-state index in [1.807, 2.05) is 11.3 Å². The van der Waals surface area contributed by atoms with Gasteiger partial charge in [0.05, 0.1) is 0 Å². The van der Waals surface area contributed by atoms with Crippen LogP contribution in [-0.4, -0.2) is 31.1 Å². The largest absolute Gasteiger partial charge is 0.316 e. The topological polar surface area (TPSA) is 15.3 Å².